The lowest BCUT2D eigenvalue weighted by atomic mass is 9.91. The molecule has 0 unspecified atom stereocenters. The Morgan fingerprint density at radius 2 is 1.89 bits per heavy atom. The summed E-state index contributed by atoms with van der Waals surface area (Å²) in [6, 6.07) is 5.30. The first-order valence-corrected chi connectivity index (χ1v) is 6.94. The van der Waals surface area contributed by atoms with E-state index in [9.17, 15) is 9.90 Å². The van der Waals surface area contributed by atoms with Crippen molar-refractivity contribution >= 4 is 17.5 Å². The lowest BCUT2D eigenvalue weighted by molar-refractivity contribution is 0.0924. The van der Waals surface area contributed by atoms with E-state index >= 15 is 0 Å². The minimum Gasteiger partial charge on any atom is -0.506 e. The van der Waals surface area contributed by atoms with Gasteiger partial charge in [0.15, 0.2) is 0 Å². The Bertz CT molecular complexity index is 457. The normalized spacial score (nSPS) is 23.1. The molecule has 1 aromatic rings. The number of halogens is 1. The Morgan fingerprint density at radius 3 is 2.47 bits per heavy atom. The van der Waals surface area contributed by atoms with Crippen LogP contribution in [0.4, 0.5) is 0 Å². The molecule has 19 heavy (non-hydrogen) atoms. The van der Waals surface area contributed by atoms with Gasteiger partial charge in [-0.05, 0) is 50.9 Å². The Morgan fingerprint density at radius 1 is 1.26 bits per heavy atom. The van der Waals surface area contributed by atoms with E-state index in [1.165, 1.54) is 12.1 Å². The third-order valence-corrected chi connectivity index (χ3v) is 3.98. The third-order valence-electron chi connectivity index (χ3n) is 3.68. The number of amides is 1. The molecule has 0 aliphatic heterocycles. The summed E-state index contributed by atoms with van der Waals surface area (Å²) in [5.41, 5.74) is 0.485. The number of carbonyl (C=O) groups excluding carboxylic acids is 1. The van der Waals surface area contributed by atoms with E-state index < -0.39 is 0 Å². The number of aromatic hydroxyl groups is 1. The summed E-state index contributed by atoms with van der Waals surface area (Å²) in [4.78, 5) is 12.1. The van der Waals surface area contributed by atoms with Crippen molar-refractivity contribution in [3.63, 3.8) is 0 Å². The lowest BCUT2D eigenvalue weighted by Crippen LogP contribution is -2.41. The van der Waals surface area contributed by atoms with Crippen LogP contribution in [0, 0.1) is 0 Å². The molecule has 1 amide bonds. The molecule has 0 aromatic heterocycles. The van der Waals surface area contributed by atoms with E-state index in [0.717, 1.165) is 25.7 Å². The highest BCUT2D eigenvalue weighted by molar-refractivity contribution is 6.32. The molecule has 1 aliphatic carbocycles. The largest absolute Gasteiger partial charge is 0.506 e. The van der Waals surface area contributed by atoms with Gasteiger partial charge in [0, 0.05) is 17.6 Å². The molecule has 0 spiro atoms. The quantitative estimate of drug-likeness (QED) is 0.797. The van der Waals surface area contributed by atoms with Crippen LogP contribution < -0.4 is 10.6 Å². The Labute approximate surface area is 118 Å². The summed E-state index contributed by atoms with van der Waals surface area (Å²) in [7, 11) is 1.97. The van der Waals surface area contributed by atoms with Gasteiger partial charge in [-0.15, -0.1) is 0 Å². The molecule has 1 fully saturated rings. The van der Waals surface area contributed by atoms with Crippen molar-refractivity contribution < 1.29 is 9.90 Å². The molecule has 0 saturated heterocycles. The van der Waals surface area contributed by atoms with Crippen molar-refractivity contribution in [3.8, 4) is 5.75 Å². The fourth-order valence-electron chi connectivity index (χ4n) is 2.44. The molecule has 5 heteroatoms. The predicted octanol–water partition coefficient (Wildman–Crippen LogP) is 2.31. The van der Waals surface area contributed by atoms with E-state index in [4.69, 9.17) is 11.6 Å². The van der Waals surface area contributed by atoms with E-state index in [-0.39, 0.29) is 22.7 Å². The Kier molecular flexibility index (Phi) is 4.66. The molecule has 0 bridgehead atoms. The molecule has 1 aliphatic rings. The van der Waals surface area contributed by atoms with E-state index in [0.29, 0.717) is 11.6 Å². The SMILES string of the molecule is CNC1CCC(NC(=O)c2ccc(O)c(Cl)c2)CC1. The number of hydrogen-bond donors (Lipinski definition) is 3. The summed E-state index contributed by atoms with van der Waals surface area (Å²) < 4.78 is 0. The molecule has 0 radical (unpaired) electrons. The van der Waals surface area contributed by atoms with Gasteiger partial charge in [0.25, 0.3) is 5.91 Å². The zero-order valence-corrected chi connectivity index (χ0v) is 11.7. The summed E-state index contributed by atoms with van der Waals surface area (Å²) in [6.45, 7) is 0. The molecule has 1 aromatic carbocycles. The molecule has 0 heterocycles. The fraction of sp³-hybridized carbons (Fsp3) is 0.500. The number of hydrogen-bond acceptors (Lipinski definition) is 3. The van der Waals surface area contributed by atoms with Crippen molar-refractivity contribution in [2.75, 3.05) is 7.05 Å². The van der Waals surface area contributed by atoms with Crippen LogP contribution in [0.1, 0.15) is 36.0 Å². The van der Waals surface area contributed by atoms with Gasteiger partial charge in [0.1, 0.15) is 5.75 Å². The van der Waals surface area contributed by atoms with Crippen molar-refractivity contribution in [3.05, 3.63) is 28.8 Å². The number of benzene rings is 1. The van der Waals surface area contributed by atoms with Gasteiger partial charge >= 0.3 is 0 Å². The van der Waals surface area contributed by atoms with Crippen molar-refractivity contribution in [2.24, 2.45) is 0 Å². The van der Waals surface area contributed by atoms with Gasteiger partial charge in [0.2, 0.25) is 0 Å². The van der Waals surface area contributed by atoms with Crippen LogP contribution in [-0.4, -0.2) is 30.1 Å². The smallest absolute Gasteiger partial charge is 0.251 e. The summed E-state index contributed by atoms with van der Waals surface area (Å²) >= 11 is 5.80. The zero-order chi connectivity index (χ0) is 13.8. The zero-order valence-electron chi connectivity index (χ0n) is 10.9. The van der Waals surface area contributed by atoms with E-state index in [1.54, 1.807) is 6.07 Å². The van der Waals surface area contributed by atoms with Crippen molar-refractivity contribution in [1.82, 2.24) is 10.6 Å². The van der Waals surface area contributed by atoms with Crippen molar-refractivity contribution in [1.29, 1.82) is 0 Å². The maximum absolute atomic E-state index is 12.1. The molecule has 3 N–H and O–H groups in total. The average molecular weight is 283 g/mol. The summed E-state index contributed by atoms with van der Waals surface area (Å²) in [6.07, 6.45) is 4.14. The second-order valence-corrected chi connectivity index (χ2v) is 5.38. The number of nitrogens with one attached hydrogen (secondary N) is 2. The predicted molar refractivity (Wildman–Crippen MR) is 75.7 cm³/mol. The minimum absolute atomic E-state index is 0.00672. The second kappa shape index (κ2) is 6.26. The van der Waals surface area contributed by atoms with Gasteiger partial charge < -0.3 is 15.7 Å². The van der Waals surface area contributed by atoms with Gasteiger partial charge in [-0.1, -0.05) is 11.6 Å². The van der Waals surface area contributed by atoms with E-state index in [1.807, 2.05) is 7.05 Å². The van der Waals surface area contributed by atoms with Crippen LogP contribution in [0.15, 0.2) is 18.2 Å². The first-order valence-electron chi connectivity index (χ1n) is 6.57. The van der Waals surface area contributed by atoms with Crippen LogP contribution >= 0.6 is 11.6 Å². The maximum Gasteiger partial charge on any atom is 0.251 e. The Balaban J connectivity index is 1.92. The molecule has 0 atom stereocenters. The molecule has 1 saturated carbocycles. The maximum atomic E-state index is 12.1. The van der Waals surface area contributed by atoms with Crippen LogP contribution in [0.25, 0.3) is 0 Å². The number of carbonyl (C=O) groups is 1. The van der Waals surface area contributed by atoms with Crippen LogP contribution in [0.3, 0.4) is 0 Å². The third kappa shape index (κ3) is 3.61. The number of phenolic OH excluding ortho intramolecular Hbond substituents is 1. The highest BCUT2D eigenvalue weighted by atomic mass is 35.5. The number of phenols is 1. The highest BCUT2D eigenvalue weighted by Gasteiger charge is 2.21. The molecule has 104 valence electrons. The van der Waals surface area contributed by atoms with Crippen LogP contribution in [0.2, 0.25) is 5.02 Å². The highest BCUT2D eigenvalue weighted by Crippen LogP contribution is 2.24. The first kappa shape index (κ1) is 14.2. The minimum atomic E-state index is -0.130. The first-order chi connectivity index (χ1) is 9.10. The number of rotatable bonds is 3. The second-order valence-electron chi connectivity index (χ2n) is 4.98. The fourth-order valence-corrected chi connectivity index (χ4v) is 2.62. The molecule has 4 nitrogen and oxygen atoms in total. The topological polar surface area (TPSA) is 61.4 Å². The summed E-state index contributed by atoms with van der Waals surface area (Å²) in [5, 5.41) is 15.8. The lowest BCUT2D eigenvalue weighted by Gasteiger charge is -2.28. The van der Waals surface area contributed by atoms with Crippen LogP contribution in [0.5, 0.6) is 5.75 Å². The van der Waals surface area contributed by atoms with E-state index in [2.05, 4.69) is 10.6 Å². The Hall–Kier alpha value is -1.26. The van der Waals surface area contributed by atoms with Gasteiger partial charge in [-0.25, -0.2) is 0 Å². The monoisotopic (exact) mass is 282 g/mol. The van der Waals surface area contributed by atoms with Gasteiger partial charge in [0.05, 0.1) is 5.02 Å². The van der Waals surface area contributed by atoms with Gasteiger partial charge in [-0.3, -0.25) is 4.79 Å². The van der Waals surface area contributed by atoms with Crippen molar-refractivity contribution in [2.45, 2.75) is 37.8 Å². The molecular formula is C14H19ClN2O2. The standard InChI is InChI=1S/C14H19ClN2O2/c1-16-10-3-5-11(6-4-10)17-14(19)9-2-7-13(18)12(15)8-9/h2,7-8,10-11,16,18H,3-6H2,1H3,(H,17,19). The van der Waals surface area contributed by atoms with Crippen LogP contribution in [-0.2, 0) is 0 Å². The molecular weight excluding hydrogens is 264 g/mol. The average Bonchev–Trinajstić information content (AvgIpc) is 2.42. The summed E-state index contributed by atoms with van der Waals surface area (Å²) in [5.74, 6) is -0.137. The molecule has 2 rings (SSSR count). The van der Waals surface area contributed by atoms with Gasteiger partial charge in [-0.2, -0.15) is 0 Å².